The van der Waals surface area contributed by atoms with Crippen LogP contribution in [-0.2, 0) is 0 Å². The van der Waals surface area contributed by atoms with E-state index in [0.717, 1.165) is 0 Å². The second-order valence-corrected chi connectivity index (χ2v) is 3.20. The standard InChI is InChI=1S/C10H15N2/c1-11(2)9-7-5-6-8-10(9)12(3)4/h5,7-8H,1-4H3. The first-order valence-electron chi connectivity index (χ1n) is 3.97. The topological polar surface area (TPSA) is 6.48 Å². The van der Waals surface area contributed by atoms with Crippen molar-refractivity contribution in [1.82, 2.24) is 0 Å². The van der Waals surface area contributed by atoms with Crippen LogP contribution in [0.25, 0.3) is 0 Å². The van der Waals surface area contributed by atoms with Crippen molar-refractivity contribution in [3.05, 3.63) is 24.3 Å². The van der Waals surface area contributed by atoms with Crippen LogP contribution in [0.1, 0.15) is 0 Å². The summed E-state index contributed by atoms with van der Waals surface area (Å²) in [6.45, 7) is 0. The lowest BCUT2D eigenvalue weighted by molar-refractivity contribution is 1.08. The number of hydrogen-bond acceptors (Lipinski definition) is 2. The maximum Gasteiger partial charge on any atom is 0.0604 e. The summed E-state index contributed by atoms with van der Waals surface area (Å²) in [5.74, 6) is 0. The fraction of sp³-hybridized carbons (Fsp3) is 0.400. The van der Waals surface area contributed by atoms with Gasteiger partial charge in [-0.05, 0) is 18.2 Å². The maximum atomic E-state index is 3.07. The van der Waals surface area contributed by atoms with Crippen molar-refractivity contribution < 1.29 is 0 Å². The fourth-order valence-electron chi connectivity index (χ4n) is 1.15. The lowest BCUT2D eigenvalue weighted by Gasteiger charge is -2.21. The molecule has 1 radical (unpaired) electrons. The predicted octanol–water partition coefficient (Wildman–Crippen LogP) is 1.62. The minimum absolute atomic E-state index is 1.20. The van der Waals surface area contributed by atoms with Gasteiger partial charge in [0, 0.05) is 28.2 Å². The van der Waals surface area contributed by atoms with E-state index in [1.54, 1.807) is 0 Å². The molecule has 0 heterocycles. The molecule has 0 unspecified atom stereocenters. The van der Waals surface area contributed by atoms with Crippen molar-refractivity contribution >= 4 is 11.4 Å². The van der Waals surface area contributed by atoms with Crippen LogP contribution >= 0.6 is 0 Å². The second-order valence-electron chi connectivity index (χ2n) is 3.20. The number of hydrogen-bond donors (Lipinski definition) is 0. The average Bonchev–Trinajstić information content (AvgIpc) is 2.04. The molecule has 0 spiro atoms. The first-order chi connectivity index (χ1) is 5.63. The van der Waals surface area contributed by atoms with Gasteiger partial charge in [0.15, 0.2) is 0 Å². The third-order valence-corrected chi connectivity index (χ3v) is 1.78. The van der Waals surface area contributed by atoms with Crippen LogP contribution in [0.15, 0.2) is 18.2 Å². The number of benzene rings is 1. The van der Waals surface area contributed by atoms with Crippen LogP contribution < -0.4 is 9.80 Å². The monoisotopic (exact) mass is 163 g/mol. The SMILES string of the molecule is CN(C)c1c[c]ccc1N(C)C. The van der Waals surface area contributed by atoms with Crippen molar-refractivity contribution in [2.75, 3.05) is 38.0 Å². The molecular weight excluding hydrogens is 148 g/mol. The van der Waals surface area contributed by atoms with Gasteiger partial charge in [0.25, 0.3) is 0 Å². The first kappa shape index (κ1) is 8.91. The lowest BCUT2D eigenvalue weighted by atomic mass is 10.2. The van der Waals surface area contributed by atoms with Gasteiger partial charge in [0.05, 0.1) is 11.4 Å². The minimum Gasteiger partial charge on any atom is -0.376 e. The van der Waals surface area contributed by atoms with Crippen LogP contribution in [0, 0.1) is 6.07 Å². The van der Waals surface area contributed by atoms with E-state index >= 15 is 0 Å². The Morgan fingerprint density at radius 2 is 1.58 bits per heavy atom. The van der Waals surface area contributed by atoms with Gasteiger partial charge in [-0.3, -0.25) is 0 Å². The molecule has 12 heavy (non-hydrogen) atoms. The molecular formula is C10H15N2. The highest BCUT2D eigenvalue weighted by Gasteiger charge is 2.03. The van der Waals surface area contributed by atoms with Crippen molar-refractivity contribution in [3.8, 4) is 0 Å². The molecule has 0 saturated heterocycles. The lowest BCUT2D eigenvalue weighted by Crippen LogP contribution is -2.16. The van der Waals surface area contributed by atoms with Crippen LogP contribution in [-0.4, -0.2) is 28.2 Å². The molecule has 2 nitrogen and oxygen atoms in total. The molecule has 2 heteroatoms. The average molecular weight is 163 g/mol. The molecule has 0 aliphatic heterocycles. The summed E-state index contributed by atoms with van der Waals surface area (Å²) in [5, 5.41) is 0. The molecule has 1 aromatic carbocycles. The first-order valence-corrected chi connectivity index (χ1v) is 3.97. The van der Waals surface area contributed by atoms with E-state index in [1.165, 1.54) is 11.4 Å². The summed E-state index contributed by atoms with van der Waals surface area (Å²) in [7, 11) is 8.16. The Hall–Kier alpha value is -1.18. The normalized spacial score (nSPS) is 9.67. The van der Waals surface area contributed by atoms with E-state index in [9.17, 15) is 0 Å². The van der Waals surface area contributed by atoms with E-state index in [1.807, 2.05) is 40.3 Å². The van der Waals surface area contributed by atoms with Gasteiger partial charge in [-0.1, -0.05) is 6.07 Å². The highest BCUT2D eigenvalue weighted by Crippen LogP contribution is 2.24. The van der Waals surface area contributed by atoms with Crippen LogP contribution in [0.4, 0.5) is 11.4 Å². The van der Waals surface area contributed by atoms with Crippen LogP contribution in [0.2, 0.25) is 0 Å². The van der Waals surface area contributed by atoms with Gasteiger partial charge in [-0.2, -0.15) is 0 Å². The minimum atomic E-state index is 1.20. The molecule has 0 aromatic heterocycles. The summed E-state index contributed by atoms with van der Waals surface area (Å²) in [6.07, 6.45) is 0. The van der Waals surface area contributed by atoms with E-state index in [-0.39, 0.29) is 0 Å². The summed E-state index contributed by atoms with van der Waals surface area (Å²) in [6, 6.07) is 9.06. The van der Waals surface area contributed by atoms with Gasteiger partial charge in [0.2, 0.25) is 0 Å². The number of nitrogens with zero attached hydrogens (tertiary/aromatic N) is 2. The van der Waals surface area contributed by atoms with Crippen molar-refractivity contribution in [3.63, 3.8) is 0 Å². The molecule has 0 aliphatic rings. The second kappa shape index (κ2) is 3.48. The Kier molecular flexibility index (Phi) is 2.58. The molecule has 65 valence electrons. The van der Waals surface area contributed by atoms with Gasteiger partial charge >= 0.3 is 0 Å². The molecule has 0 bridgehead atoms. The summed E-state index contributed by atoms with van der Waals surface area (Å²) in [5.41, 5.74) is 2.42. The quantitative estimate of drug-likeness (QED) is 0.653. The third-order valence-electron chi connectivity index (χ3n) is 1.78. The number of rotatable bonds is 2. The fourth-order valence-corrected chi connectivity index (χ4v) is 1.15. The molecule has 0 aliphatic carbocycles. The molecule has 0 fully saturated rings. The maximum absolute atomic E-state index is 3.07. The zero-order chi connectivity index (χ0) is 9.14. The van der Waals surface area contributed by atoms with Crippen molar-refractivity contribution in [1.29, 1.82) is 0 Å². The molecule has 1 rings (SSSR count). The zero-order valence-electron chi connectivity index (χ0n) is 8.13. The summed E-state index contributed by atoms with van der Waals surface area (Å²) < 4.78 is 0. The van der Waals surface area contributed by atoms with Gasteiger partial charge in [-0.15, -0.1) is 0 Å². The van der Waals surface area contributed by atoms with Gasteiger partial charge < -0.3 is 9.80 Å². The summed E-state index contributed by atoms with van der Waals surface area (Å²) >= 11 is 0. The molecule has 0 saturated carbocycles. The Labute approximate surface area is 74.4 Å². The zero-order valence-corrected chi connectivity index (χ0v) is 8.13. The van der Waals surface area contributed by atoms with E-state index < -0.39 is 0 Å². The Balaban J connectivity index is 3.09. The van der Waals surface area contributed by atoms with E-state index in [2.05, 4.69) is 21.9 Å². The molecule has 0 atom stereocenters. The van der Waals surface area contributed by atoms with Crippen LogP contribution in [0.3, 0.4) is 0 Å². The van der Waals surface area contributed by atoms with Crippen molar-refractivity contribution in [2.45, 2.75) is 0 Å². The summed E-state index contributed by atoms with van der Waals surface area (Å²) in [4.78, 5) is 4.19. The van der Waals surface area contributed by atoms with Gasteiger partial charge in [0.1, 0.15) is 0 Å². The van der Waals surface area contributed by atoms with Gasteiger partial charge in [-0.25, -0.2) is 0 Å². The Morgan fingerprint density at radius 3 is 2.00 bits per heavy atom. The van der Waals surface area contributed by atoms with Crippen LogP contribution in [0.5, 0.6) is 0 Å². The predicted molar refractivity (Wildman–Crippen MR) is 53.9 cm³/mol. The smallest absolute Gasteiger partial charge is 0.0604 e. The number of anilines is 2. The molecule has 0 amide bonds. The largest absolute Gasteiger partial charge is 0.376 e. The Morgan fingerprint density at radius 1 is 1.00 bits per heavy atom. The highest BCUT2D eigenvalue weighted by atomic mass is 15.1. The third kappa shape index (κ3) is 1.70. The highest BCUT2D eigenvalue weighted by molar-refractivity contribution is 5.69. The van der Waals surface area contributed by atoms with Crippen molar-refractivity contribution in [2.24, 2.45) is 0 Å². The molecule has 0 N–H and O–H groups in total. The molecule has 1 aromatic rings. The van der Waals surface area contributed by atoms with E-state index in [0.29, 0.717) is 0 Å². The Bertz CT molecular complexity index is 227. The van der Waals surface area contributed by atoms with E-state index in [4.69, 9.17) is 0 Å².